The average Bonchev–Trinajstić information content (AvgIpc) is 2.47. The number of hydrogen-bond acceptors (Lipinski definition) is 5. The van der Waals surface area contributed by atoms with Crippen LogP contribution in [0.1, 0.15) is 10.4 Å². The first-order chi connectivity index (χ1) is 10.0. The largest absolute Gasteiger partial charge is 0.493 e. The maximum atomic E-state index is 10.9. The predicted molar refractivity (Wildman–Crippen MR) is 73.1 cm³/mol. The number of nitro groups is 1. The van der Waals surface area contributed by atoms with Gasteiger partial charge in [-0.05, 0) is 24.3 Å². The number of para-hydroxylation sites is 2. The Balaban J connectivity index is 2.40. The summed E-state index contributed by atoms with van der Waals surface area (Å²) < 4.78 is 10.5. The maximum Gasteiger partial charge on any atom is 0.335 e. The summed E-state index contributed by atoms with van der Waals surface area (Å²) in [7, 11) is 1.35. The summed E-state index contributed by atoms with van der Waals surface area (Å²) in [4.78, 5) is 21.3. The molecule has 0 amide bonds. The van der Waals surface area contributed by atoms with Crippen molar-refractivity contribution in [1.82, 2.24) is 0 Å². The van der Waals surface area contributed by atoms with Crippen LogP contribution in [0.2, 0.25) is 0 Å². The number of aromatic carboxylic acids is 1. The minimum atomic E-state index is -1.11. The number of carbonyl (C=O) groups is 1. The molecule has 7 heteroatoms. The molecule has 0 atom stereocenters. The number of nitrogens with zero attached hydrogens (tertiary/aromatic N) is 1. The molecule has 0 bridgehead atoms. The molecule has 2 aromatic carbocycles. The van der Waals surface area contributed by atoms with E-state index >= 15 is 0 Å². The standard InChI is InChI=1S/C14H11NO6/c1-20-13-8-9(14(16)17)6-7-12(13)21-11-5-3-2-4-10(11)15(18)19/h2-8H,1H3,(H,16,17). The van der Waals surface area contributed by atoms with Crippen LogP contribution in [0.25, 0.3) is 0 Å². The highest BCUT2D eigenvalue weighted by atomic mass is 16.6. The monoisotopic (exact) mass is 289 g/mol. The molecule has 2 aromatic rings. The van der Waals surface area contributed by atoms with Gasteiger partial charge in [-0.25, -0.2) is 4.79 Å². The number of methoxy groups -OCH3 is 1. The molecule has 7 nitrogen and oxygen atoms in total. The Labute approximate surface area is 119 Å². The van der Waals surface area contributed by atoms with E-state index in [2.05, 4.69) is 0 Å². The first-order valence-electron chi connectivity index (χ1n) is 5.85. The second kappa shape index (κ2) is 5.91. The van der Waals surface area contributed by atoms with Crippen LogP contribution in [0.15, 0.2) is 42.5 Å². The van der Waals surface area contributed by atoms with Gasteiger partial charge in [0.2, 0.25) is 5.75 Å². The van der Waals surface area contributed by atoms with Gasteiger partial charge in [-0.1, -0.05) is 12.1 Å². The summed E-state index contributed by atoms with van der Waals surface area (Å²) in [6.45, 7) is 0. The molecule has 0 aliphatic carbocycles. The summed E-state index contributed by atoms with van der Waals surface area (Å²) >= 11 is 0. The molecule has 0 radical (unpaired) electrons. The first-order valence-corrected chi connectivity index (χ1v) is 5.85. The van der Waals surface area contributed by atoms with E-state index < -0.39 is 10.9 Å². The fraction of sp³-hybridized carbons (Fsp3) is 0.0714. The van der Waals surface area contributed by atoms with Crippen molar-refractivity contribution in [2.24, 2.45) is 0 Å². The molecule has 0 heterocycles. The number of rotatable bonds is 5. The van der Waals surface area contributed by atoms with Crippen LogP contribution in [-0.2, 0) is 0 Å². The van der Waals surface area contributed by atoms with Crippen LogP contribution >= 0.6 is 0 Å². The van der Waals surface area contributed by atoms with E-state index in [0.717, 1.165) is 0 Å². The lowest BCUT2D eigenvalue weighted by Gasteiger charge is -2.11. The van der Waals surface area contributed by atoms with E-state index in [1.807, 2.05) is 0 Å². The zero-order valence-electron chi connectivity index (χ0n) is 11.0. The fourth-order valence-corrected chi connectivity index (χ4v) is 1.70. The van der Waals surface area contributed by atoms with E-state index in [9.17, 15) is 14.9 Å². The molecule has 0 spiro atoms. The second-order valence-corrected chi connectivity index (χ2v) is 4.00. The highest BCUT2D eigenvalue weighted by Gasteiger charge is 2.17. The lowest BCUT2D eigenvalue weighted by molar-refractivity contribution is -0.385. The number of ether oxygens (including phenoxy) is 2. The van der Waals surface area contributed by atoms with Crippen molar-refractivity contribution in [2.45, 2.75) is 0 Å². The number of hydrogen-bond donors (Lipinski definition) is 1. The molecule has 0 unspecified atom stereocenters. The van der Waals surface area contributed by atoms with Crippen molar-refractivity contribution in [1.29, 1.82) is 0 Å². The molecule has 0 aliphatic heterocycles. The fourth-order valence-electron chi connectivity index (χ4n) is 1.70. The summed E-state index contributed by atoms with van der Waals surface area (Å²) in [5, 5.41) is 19.8. The van der Waals surface area contributed by atoms with Crippen molar-refractivity contribution in [2.75, 3.05) is 7.11 Å². The summed E-state index contributed by atoms with van der Waals surface area (Å²) in [5.74, 6) is -0.695. The van der Waals surface area contributed by atoms with E-state index in [0.29, 0.717) is 0 Å². The summed E-state index contributed by atoms with van der Waals surface area (Å²) in [6.07, 6.45) is 0. The number of carboxylic acid groups (broad SMARTS) is 1. The number of benzene rings is 2. The molecule has 0 aromatic heterocycles. The van der Waals surface area contributed by atoms with Crippen LogP contribution < -0.4 is 9.47 Å². The Hall–Kier alpha value is -3.09. The number of nitro benzene ring substituents is 1. The molecule has 108 valence electrons. The SMILES string of the molecule is COc1cc(C(=O)O)ccc1Oc1ccccc1[N+](=O)[O-]. The van der Waals surface area contributed by atoms with Gasteiger partial charge in [0, 0.05) is 6.07 Å². The van der Waals surface area contributed by atoms with Gasteiger partial charge < -0.3 is 14.6 Å². The Morgan fingerprint density at radius 2 is 1.86 bits per heavy atom. The van der Waals surface area contributed by atoms with Crippen LogP contribution in [0.3, 0.4) is 0 Å². The highest BCUT2D eigenvalue weighted by Crippen LogP contribution is 2.36. The molecule has 0 saturated carbocycles. The van der Waals surface area contributed by atoms with Gasteiger partial charge in [-0.3, -0.25) is 10.1 Å². The minimum absolute atomic E-state index is 0.0294. The zero-order chi connectivity index (χ0) is 15.4. The molecular formula is C14H11NO6. The predicted octanol–water partition coefficient (Wildman–Crippen LogP) is 3.09. The van der Waals surface area contributed by atoms with Gasteiger partial charge in [0.15, 0.2) is 11.5 Å². The van der Waals surface area contributed by atoms with Crippen LogP contribution in [-0.4, -0.2) is 23.1 Å². The second-order valence-electron chi connectivity index (χ2n) is 4.00. The van der Waals surface area contributed by atoms with Gasteiger partial charge in [-0.2, -0.15) is 0 Å². The molecule has 1 N–H and O–H groups in total. The Morgan fingerprint density at radius 1 is 1.14 bits per heavy atom. The van der Waals surface area contributed by atoms with Crippen molar-refractivity contribution in [3.63, 3.8) is 0 Å². The molecule has 21 heavy (non-hydrogen) atoms. The minimum Gasteiger partial charge on any atom is -0.493 e. The zero-order valence-corrected chi connectivity index (χ0v) is 11.0. The molecular weight excluding hydrogens is 278 g/mol. The van der Waals surface area contributed by atoms with Gasteiger partial charge in [0.1, 0.15) is 0 Å². The van der Waals surface area contributed by atoms with E-state index in [1.54, 1.807) is 6.07 Å². The highest BCUT2D eigenvalue weighted by molar-refractivity contribution is 5.88. The molecule has 0 aliphatic rings. The van der Waals surface area contributed by atoms with Crippen molar-refractivity contribution in [3.05, 3.63) is 58.1 Å². The molecule has 2 rings (SSSR count). The van der Waals surface area contributed by atoms with Crippen LogP contribution in [0.5, 0.6) is 17.2 Å². The normalized spacial score (nSPS) is 9.95. The van der Waals surface area contributed by atoms with E-state index in [4.69, 9.17) is 14.6 Å². The summed E-state index contributed by atoms with van der Waals surface area (Å²) in [5.41, 5.74) is -0.163. The van der Waals surface area contributed by atoms with Crippen LogP contribution in [0, 0.1) is 10.1 Å². The van der Waals surface area contributed by atoms with E-state index in [1.165, 1.54) is 43.5 Å². The molecule has 0 saturated heterocycles. The van der Waals surface area contributed by atoms with Crippen molar-refractivity contribution >= 4 is 11.7 Å². The molecule has 0 fully saturated rings. The maximum absolute atomic E-state index is 10.9. The lowest BCUT2D eigenvalue weighted by Crippen LogP contribution is -1.99. The average molecular weight is 289 g/mol. The third kappa shape index (κ3) is 3.08. The quantitative estimate of drug-likeness (QED) is 0.670. The Bertz CT molecular complexity index is 698. The smallest absolute Gasteiger partial charge is 0.335 e. The lowest BCUT2D eigenvalue weighted by atomic mass is 10.2. The first kappa shape index (κ1) is 14.3. The number of carboxylic acids is 1. The topological polar surface area (TPSA) is 98.9 Å². The van der Waals surface area contributed by atoms with Gasteiger partial charge in [0.25, 0.3) is 0 Å². The van der Waals surface area contributed by atoms with Crippen molar-refractivity contribution in [3.8, 4) is 17.2 Å². The van der Waals surface area contributed by atoms with E-state index in [-0.39, 0.29) is 28.5 Å². The Kier molecular flexibility index (Phi) is 4.03. The third-order valence-corrected chi connectivity index (χ3v) is 2.69. The van der Waals surface area contributed by atoms with Crippen LogP contribution in [0.4, 0.5) is 5.69 Å². The Morgan fingerprint density at radius 3 is 2.48 bits per heavy atom. The summed E-state index contributed by atoms with van der Waals surface area (Å²) in [6, 6.07) is 9.88. The van der Waals surface area contributed by atoms with Gasteiger partial charge >= 0.3 is 11.7 Å². The van der Waals surface area contributed by atoms with Gasteiger partial charge in [0.05, 0.1) is 17.6 Å². The van der Waals surface area contributed by atoms with Crippen molar-refractivity contribution < 1.29 is 24.3 Å². The third-order valence-electron chi connectivity index (χ3n) is 2.69. The van der Waals surface area contributed by atoms with Gasteiger partial charge in [-0.15, -0.1) is 0 Å².